The molecule has 0 spiro atoms. The minimum atomic E-state index is -3.94. The van der Waals surface area contributed by atoms with Gasteiger partial charge >= 0.3 is 0 Å². The van der Waals surface area contributed by atoms with Gasteiger partial charge in [0.15, 0.2) is 0 Å². The molecule has 2 heterocycles. The van der Waals surface area contributed by atoms with Gasteiger partial charge in [0.05, 0.1) is 0 Å². The van der Waals surface area contributed by atoms with Crippen molar-refractivity contribution in [3.8, 4) is 0 Å². The number of hydrogen-bond acceptors (Lipinski definition) is 4. The highest BCUT2D eigenvalue weighted by atomic mass is 32.2. The van der Waals surface area contributed by atoms with E-state index in [4.69, 9.17) is 0 Å². The third-order valence-corrected chi connectivity index (χ3v) is 7.80. The molecule has 1 fully saturated rings. The molecule has 1 unspecified atom stereocenters. The number of benzene rings is 2. The first-order valence-electron chi connectivity index (χ1n) is 10.3. The Morgan fingerprint density at radius 2 is 1.71 bits per heavy atom. The van der Waals surface area contributed by atoms with Gasteiger partial charge in [-0.25, -0.2) is 12.8 Å². The van der Waals surface area contributed by atoms with Crippen LogP contribution in [0.25, 0.3) is 0 Å². The lowest BCUT2D eigenvalue weighted by molar-refractivity contribution is -0.132. The summed E-state index contributed by atoms with van der Waals surface area (Å²) in [4.78, 5) is 26.2. The summed E-state index contributed by atoms with van der Waals surface area (Å²) < 4.78 is 40.5. The largest absolute Gasteiger partial charge is 0.340 e. The van der Waals surface area contributed by atoms with Gasteiger partial charge in [-0.3, -0.25) is 9.59 Å². The molecule has 0 saturated carbocycles. The van der Waals surface area contributed by atoms with Crippen LogP contribution in [0.1, 0.15) is 18.4 Å². The van der Waals surface area contributed by atoms with Crippen LogP contribution in [0.4, 0.5) is 10.1 Å². The number of carbonyl (C=O) groups excluding carboxylic acids is 2. The Hall–Kier alpha value is -2.78. The van der Waals surface area contributed by atoms with Gasteiger partial charge in [-0.05, 0) is 36.6 Å². The van der Waals surface area contributed by atoms with Crippen molar-refractivity contribution >= 4 is 27.5 Å². The fourth-order valence-electron chi connectivity index (χ4n) is 4.07. The van der Waals surface area contributed by atoms with Crippen LogP contribution in [0.5, 0.6) is 0 Å². The van der Waals surface area contributed by atoms with Gasteiger partial charge in [0.25, 0.3) is 0 Å². The number of fused-ring (bicyclic) bond motifs is 1. The van der Waals surface area contributed by atoms with Gasteiger partial charge in [0.1, 0.15) is 10.7 Å². The molecule has 0 aliphatic carbocycles. The lowest BCUT2D eigenvalue weighted by atomic mass is 9.89. The Morgan fingerprint density at radius 1 is 1.03 bits per heavy atom. The van der Waals surface area contributed by atoms with Crippen molar-refractivity contribution in [2.45, 2.75) is 24.2 Å². The summed E-state index contributed by atoms with van der Waals surface area (Å²) in [5, 5.41) is 2.89. The molecule has 2 amide bonds. The van der Waals surface area contributed by atoms with Gasteiger partial charge in [-0.2, -0.15) is 4.31 Å². The highest BCUT2D eigenvalue weighted by Gasteiger charge is 2.32. The van der Waals surface area contributed by atoms with Crippen molar-refractivity contribution in [1.29, 1.82) is 0 Å². The molecular formula is C22H24FN3O4S. The zero-order valence-corrected chi connectivity index (χ0v) is 17.8. The van der Waals surface area contributed by atoms with Gasteiger partial charge in [-0.15, -0.1) is 0 Å². The molecule has 0 bridgehead atoms. The predicted molar refractivity (Wildman–Crippen MR) is 113 cm³/mol. The number of nitrogens with zero attached hydrogens (tertiary/aromatic N) is 2. The van der Waals surface area contributed by atoms with E-state index in [0.29, 0.717) is 12.8 Å². The molecular weight excluding hydrogens is 421 g/mol. The highest BCUT2D eigenvalue weighted by molar-refractivity contribution is 7.89. The second-order valence-electron chi connectivity index (χ2n) is 7.80. The minimum Gasteiger partial charge on any atom is -0.340 e. The molecule has 1 N–H and O–H groups in total. The topological polar surface area (TPSA) is 86.8 Å². The van der Waals surface area contributed by atoms with Crippen molar-refractivity contribution in [1.82, 2.24) is 9.21 Å². The monoisotopic (exact) mass is 445 g/mol. The molecule has 1 saturated heterocycles. The van der Waals surface area contributed by atoms with E-state index in [9.17, 15) is 22.4 Å². The highest BCUT2D eigenvalue weighted by Crippen LogP contribution is 2.28. The van der Waals surface area contributed by atoms with E-state index in [1.165, 1.54) is 22.5 Å². The molecule has 2 aliphatic heterocycles. The Morgan fingerprint density at radius 3 is 2.45 bits per heavy atom. The van der Waals surface area contributed by atoms with E-state index in [-0.39, 0.29) is 55.2 Å². The summed E-state index contributed by atoms with van der Waals surface area (Å²) >= 11 is 0. The van der Waals surface area contributed by atoms with E-state index in [1.54, 1.807) is 4.90 Å². The smallest absolute Gasteiger partial charge is 0.246 e. The Balaban J connectivity index is 1.31. The van der Waals surface area contributed by atoms with Crippen LogP contribution in [0.15, 0.2) is 53.4 Å². The van der Waals surface area contributed by atoms with Crippen LogP contribution < -0.4 is 5.32 Å². The summed E-state index contributed by atoms with van der Waals surface area (Å²) in [5.74, 6) is -1.23. The van der Waals surface area contributed by atoms with Crippen molar-refractivity contribution in [2.24, 2.45) is 5.92 Å². The number of rotatable bonds is 5. The van der Waals surface area contributed by atoms with Crippen LogP contribution >= 0.6 is 0 Å². The van der Waals surface area contributed by atoms with E-state index in [1.807, 2.05) is 24.3 Å². The molecule has 0 radical (unpaired) electrons. The lowest BCUT2D eigenvalue weighted by Crippen LogP contribution is -2.50. The molecule has 164 valence electrons. The number of anilines is 1. The van der Waals surface area contributed by atoms with Crippen molar-refractivity contribution in [2.75, 3.05) is 31.5 Å². The standard InChI is InChI=1S/C22H24FN3O4S/c23-18-6-2-4-8-20(18)31(29,30)26-13-11-25(12-14-26)21(27)10-9-17-15-16-5-1-3-7-19(16)24-22(17)28/h1-8,17H,9-15H2,(H,24,28). The summed E-state index contributed by atoms with van der Waals surface area (Å²) in [7, 11) is -3.94. The normalized spacial score (nSPS) is 19.6. The zero-order chi connectivity index (χ0) is 22.0. The Bertz CT molecular complexity index is 1100. The Kier molecular flexibility index (Phi) is 6.06. The molecule has 1 atom stereocenters. The maximum atomic E-state index is 13.9. The van der Waals surface area contributed by atoms with Gasteiger partial charge < -0.3 is 10.2 Å². The van der Waals surface area contributed by atoms with E-state index in [0.717, 1.165) is 17.3 Å². The van der Waals surface area contributed by atoms with E-state index < -0.39 is 15.8 Å². The molecule has 7 nitrogen and oxygen atoms in total. The molecule has 2 aromatic rings. The third-order valence-electron chi connectivity index (χ3n) is 5.86. The van der Waals surface area contributed by atoms with Gasteiger partial charge in [0.2, 0.25) is 21.8 Å². The summed E-state index contributed by atoms with van der Waals surface area (Å²) in [6, 6.07) is 12.9. The second-order valence-corrected chi connectivity index (χ2v) is 9.71. The average molecular weight is 446 g/mol. The van der Waals surface area contributed by atoms with Crippen molar-refractivity contribution in [3.63, 3.8) is 0 Å². The Labute approximate surface area is 180 Å². The first-order chi connectivity index (χ1) is 14.9. The van der Waals surface area contributed by atoms with Crippen LogP contribution in [0.3, 0.4) is 0 Å². The van der Waals surface area contributed by atoms with Crippen molar-refractivity contribution in [3.05, 3.63) is 59.9 Å². The first kappa shape index (κ1) is 21.5. The molecule has 2 aliphatic rings. The quantitative estimate of drug-likeness (QED) is 0.765. The predicted octanol–water partition coefficient (Wildman–Crippen LogP) is 2.25. The molecule has 2 aromatic carbocycles. The number of para-hydroxylation sites is 1. The molecule has 31 heavy (non-hydrogen) atoms. The van der Waals surface area contributed by atoms with Crippen molar-refractivity contribution < 1.29 is 22.4 Å². The third kappa shape index (κ3) is 4.47. The molecule has 4 rings (SSSR count). The van der Waals surface area contributed by atoms with Crippen LogP contribution in [-0.2, 0) is 26.0 Å². The number of piperazine rings is 1. The first-order valence-corrected chi connectivity index (χ1v) is 11.7. The average Bonchev–Trinajstić information content (AvgIpc) is 2.77. The number of nitrogens with one attached hydrogen (secondary N) is 1. The fourth-order valence-corrected chi connectivity index (χ4v) is 5.56. The number of halogens is 1. The number of hydrogen-bond donors (Lipinski definition) is 1. The van der Waals surface area contributed by atoms with Crippen LogP contribution in [0, 0.1) is 11.7 Å². The SMILES string of the molecule is O=C1Nc2ccccc2CC1CCC(=O)N1CCN(S(=O)(=O)c2ccccc2F)CC1. The summed E-state index contributed by atoms with van der Waals surface area (Å²) in [6.07, 6.45) is 1.26. The van der Waals surface area contributed by atoms with Crippen LogP contribution in [0.2, 0.25) is 0 Å². The summed E-state index contributed by atoms with van der Waals surface area (Å²) in [5.41, 5.74) is 1.88. The number of carbonyl (C=O) groups is 2. The van der Waals surface area contributed by atoms with Crippen LogP contribution in [-0.4, -0.2) is 55.6 Å². The fraction of sp³-hybridized carbons (Fsp3) is 0.364. The van der Waals surface area contributed by atoms with E-state index in [2.05, 4.69) is 5.32 Å². The number of sulfonamides is 1. The molecule has 9 heteroatoms. The zero-order valence-electron chi connectivity index (χ0n) is 17.0. The lowest BCUT2D eigenvalue weighted by Gasteiger charge is -2.34. The van der Waals surface area contributed by atoms with Gasteiger partial charge in [0, 0.05) is 44.2 Å². The number of amides is 2. The maximum Gasteiger partial charge on any atom is 0.246 e. The second kappa shape index (κ2) is 8.76. The minimum absolute atomic E-state index is 0.0766. The maximum absolute atomic E-state index is 13.9. The van der Waals surface area contributed by atoms with E-state index >= 15 is 0 Å². The molecule has 0 aromatic heterocycles. The van der Waals surface area contributed by atoms with Gasteiger partial charge in [-0.1, -0.05) is 30.3 Å². The summed E-state index contributed by atoms with van der Waals surface area (Å²) in [6.45, 7) is 0.706.